The van der Waals surface area contributed by atoms with Crippen LogP contribution in [0.5, 0.6) is 0 Å². The third kappa shape index (κ3) is 1.79. The van der Waals surface area contributed by atoms with Crippen LogP contribution in [0.25, 0.3) is 0 Å². The van der Waals surface area contributed by atoms with Gasteiger partial charge in [-0.25, -0.2) is 4.39 Å². The first-order valence-corrected chi connectivity index (χ1v) is 4.54. The number of benzene rings is 1. The molecule has 4 heteroatoms. The molecule has 0 aliphatic carbocycles. The predicted molar refractivity (Wildman–Crippen MR) is 47.6 cm³/mol. The molecule has 2 N–H and O–H groups in total. The number of hydrogen-bond donors (Lipinski definition) is 1. The minimum atomic E-state index is -0.387. The van der Waals surface area contributed by atoms with Gasteiger partial charge in [0.1, 0.15) is 0 Å². The third-order valence-electron chi connectivity index (χ3n) is 1.25. The predicted octanol–water partition coefficient (Wildman–Crippen LogP) is 2.78. The van der Waals surface area contributed by atoms with Gasteiger partial charge in [-0.05, 0) is 18.4 Å². The van der Waals surface area contributed by atoms with Crippen LogP contribution in [-0.2, 0) is 0 Å². The van der Waals surface area contributed by atoms with E-state index in [1.54, 1.807) is 12.3 Å². The molecule has 0 atom stereocenters. The highest BCUT2D eigenvalue weighted by molar-refractivity contribution is 7.98. The largest absolute Gasteiger partial charge is 0.396 e. The van der Waals surface area contributed by atoms with E-state index in [-0.39, 0.29) is 11.5 Å². The van der Waals surface area contributed by atoms with Crippen molar-refractivity contribution in [1.82, 2.24) is 0 Å². The van der Waals surface area contributed by atoms with Crippen LogP contribution >= 0.6 is 23.4 Å². The zero-order chi connectivity index (χ0) is 8.43. The van der Waals surface area contributed by atoms with Crippen LogP contribution in [0.4, 0.5) is 10.1 Å². The lowest BCUT2D eigenvalue weighted by molar-refractivity contribution is 0.607. The second-order valence-corrected chi connectivity index (χ2v) is 3.30. The van der Waals surface area contributed by atoms with Crippen molar-refractivity contribution < 1.29 is 4.39 Å². The summed E-state index contributed by atoms with van der Waals surface area (Å²) < 4.78 is 13.0. The van der Waals surface area contributed by atoms with E-state index in [0.29, 0.717) is 9.92 Å². The average molecular weight is 192 g/mol. The second-order valence-electron chi connectivity index (χ2n) is 2.01. The molecule has 1 aromatic rings. The Kier molecular flexibility index (Phi) is 2.62. The number of rotatable bonds is 1. The van der Waals surface area contributed by atoms with Crippen LogP contribution < -0.4 is 5.73 Å². The van der Waals surface area contributed by atoms with Crippen molar-refractivity contribution in [1.29, 1.82) is 0 Å². The molecule has 60 valence electrons. The molecule has 0 fully saturated rings. The van der Waals surface area contributed by atoms with Gasteiger partial charge < -0.3 is 5.73 Å². The molecule has 0 saturated carbocycles. The molecule has 0 spiro atoms. The molecule has 11 heavy (non-hydrogen) atoms. The molecule has 0 amide bonds. The standard InChI is InChI=1S/C7H7ClFNS/c1-11-6-3-4(8)2-5(10)7(6)9/h2-3H,10H2,1H3. The molecule has 1 nitrogen and oxygen atoms in total. The van der Waals surface area contributed by atoms with Crippen molar-refractivity contribution in [3.63, 3.8) is 0 Å². The van der Waals surface area contributed by atoms with Gasteiger partial charge in [-0.3, -0.25) is 0 Å². The number of thioether (sulfide) groups is 1. The maximum Gasteiger partial charge on any atom is 0.159 e. The normalized spacial score (nSPS) is 10.1. The zero-order valence-corrected chi connectivity index (χ0v) is 7.47. The highest BCUT2D eigenvalue weighted by Gasteiger charge is 2.05. The van der Waals surface area contributed by atoms with Crippen molar-refractivity contribution in [3.8, 4) is 0 Å². The number of hydrogen-bond acceptors (Lipinski definition) is 2. The summed E-state index contributed by atoms with van der Waals surface area (Å²) in [6.07, 6.45) is 1.77. The Morgan fingerprint density at radius 2 is 2.18 bits per heavy atom. The van der Waals surface area contributed by atoms with Gasteiger partial charge in [-0.1, -0.05) is 11.6 Å². The summed E-state index contributed by atoms with van der Waals surface area (Å²) in [6.45, 7) is 0. The summed E-state index contributed by atoms with van der Waals surface area (Å²) in [5, 5.41) is 0.466. The molecule has 0 bridgehead atoms. The summed E-state index contributed by atoms with van der Waals surface area (Å²) >= 11 is 6.93. The van der Waals surface area contributed by atoms with Gasteiger partial charge in [0.05, 0.1) is 5.69 Å². The van der Waals surface area contributed by atoms with Gasteiger partial charge in [-0.2, -0.15) is 0 Å². The van der Waals surface area contributed by atoms with Gasteiger partial charge in [0.2, 0.25) is 0 Å². The Balaban J connectivity index is 3.24. The summed E-state index contributed by atoms with van der Waals surface area (Å²) in [5.74, 6) is -0.387. The molecule has 1 rings (SSSR count). The fourth-order valence-corrected chi connectivity index (χ4v) is 1.57. The minimum absolute atomic E-state index is 0.0989. The maximum absolute atomic E-state index is 13.0. The SMILES string of the molecule is CSc1cc(Cl)cc(N)c1F. The van der Waals surface area contributed by atoms with Gasteiger partial charge in [-0.15, -0.1) is 11.8 Å². The molecule has 0 aromatic heterocycles. The second kappa shape index (κ2) is 3.32. The quantitative estimate of drug-likeness (QED) is 0.546. The van der Waals surface area contributed by atoms with E-state index in [1.165, 1.54) is 17.8 Å². The van der Waals surface area contributed by atoms with E-state index in [0.717, 1.165) is 0 Å². The summed E-state index contributed by atoms with van der Waals surface area (Å²) in [4.78, 5) is 0.481. The summed E-state index contributed by atoms with van der Waals surface area (Å²) in [7, 11) is 0. The van der Waals surface area contributed by atoms with Crippen LogP contribution in [0.1, 0.15) is 0 Å². The van der Waals surface area contributed by atoms with E-state index in [2.05, 4.69) is 0 Å². The van der Waals surface area contributed by atoms with Crippen molar-refractivity contribution >= 4 is 29.1 Å². The number of nitrogen functional groups attached to an aromatic ring is 1. The Hall–Kier alpha value is -0.410. The molecule has 0 heterocycles. The molecular weight excluding hydrogens is 185 g/mol. The lowest BCUT2D eigenvalue weighted by Crippen LogP contribution is -1.91. The molecule has 0 aliphatic heterocycles. The fraction of sp³-hybridized carbons (Fsp3) is 0.143. The van der Waals surface area contributed by atoms with E-state index < -0.39 is 0 Å². The van der Waals surface area contributed by atoms with Crippen molar-refractivity contribution in [2.75, 3.05) is 12.0 Å². The summed E-state index contributed by atoms with van der Waals surface area (Å²) in [6, 6.07) is 2.95. The average Bonchev–Trinajstić information content (AvgIpc) is 1.96. The number of nitrogens with two attached hydrogens (primary N) is 1. The molecule has 0 radical (unpaired) electrons. The fourth-order valence-electron chi connectivity index (χ4n) is 0.733. The monoisotopic (exact) mass is 191 g/mol. The highest BCUT2D eigenvalue weighted by atomic mass is 35.5. The topological polar surface area (TPSA) is 26.0 Å². The Morgan fingerprint density at radius 3 is 2.73 bits per heavy atom. The van der Waals surface area contributed by atoms with Gasteiger partial charge in [0.25, 0.3) is 0 Å². The maximum atomic E-state index is 13.0. The molecule has 0 aliphatic rings. The highest BCUT2D eigenvalue weighted by Crippen LogP contribution is 2.27. The zero-order valence-electron chi connectivity index (χ0n) is 5.90. The lowest BCUT2D eigenvalue weighted by atomic mass is 10.3. The summed E-state index contributed by atoms with van der Waals surface area (Å²) in [5.41, 5.74) is 5.42. The van der Waals surface area contributed by atoms with Crippen LogP contribution in [0.15, 0.2) is 17.0 Å². The van der Waals surface area contributed by atoms with Crippen LogP contribution in [-0.4, -0.2) is 6.26 Å². The first kappa shape index (κ1) is 8.68. The van der Waals surface area contributed by atoms with Crippen LogP contribution in [0.3, 0.4) is 0 Å². The molecular formula is C7H7ClFNS. The minimum Gasteiger partial charge on any atom is -0.396 e. The number of halogens is 2. The van der Waals surface area contributed by atoms with E-state index >= 15 is 0 Å². The van der Waals surface area contributed by atoms with Gasteiger partial charge in [0, 0.05) is 9.92 Å². The van der Waals surface area contributed by atoms with E-state index in [4.69, 9.17) is 17.3 Å². The molecule has 1 aromatic carbocycles. The smallest absolute Gasteiger partial charge is 0.159 e. The van der Waals surface area contributed by atoms with Gasteiger partial charge in [0.15, 0.2) is 5.82 Å². The van der Waals surface area contributed by atoms with E-state index in [1.807, 2.05) is 0 Å². The molecule has 0 saturated heterocycles. The van der Waals surface area contributed by atoms with Crippen LogP contribution in [0, 0.1) is 5.82 Å². The number of anilines is 1. The van der Waals surface area contributed by atoms with E-state index in [9.17, 15) is 4.39 Å². The van der Waals surface area contributed by atoms with Gasteiger partial charge >= 0.3 is 0 Å². The first-order valence-electron chi connectivity index (χ1n) is 2.93. The van der Waals surface area contributed by atoms with Crippen molar-refractivity contribution in [3.05, 3.63) is 23.0 Å². The third-order valence-corrected chi connectivity index (χ3v) is 2.21. The van der Waals surface area contributed by atoms with Crippen molar-refractivity contribution in [2.24, 2.45) is 0 Å². The lowest BCUT2D eigenvalue weighted by Gasteiger charge is -2.02. The Bertz CT molecular complexity index is 277. The molecule has 0 unspecified atom stereocenters. The Morgan fingerprint density at radius 1 is 1.55 bits per heavy atom. The Labute approximate surface area is 73.7 Å². The first-order chi connectivity index (χ1) is 5.15. The van der Waals surface area contributed by atoms with Crippen molar-refractivity contribution in [2.45, 2.75) is 4.90 Å². The van der Waals surface area contributed by atoms with Crippen LogP contribution in [0.2, 0.25) is 5.02 Å².